The molecule has 3 atom stereocenters. The van der Waals surface area contributed by atoms with Crippen LogP contribution in [0.4, 0.5) is 8.78 Å². The van der Waals surface area contributed by atoms with Crippen molar-refractivity contribution in [2.45, 2.75) is 37.7 Å². The molecule has 0 aromatic carbocycles. The molecule has 7 heteroatoms. The van der Waals surface area contributed by atoms with Crippen LogP contribution >= 0.6 is 0 Å². The van der Waals surface area contributed by atoms with Crippen molar-refractivity contribution in [1.29, 1.82) is 0 Å². The van der Waals surface area contributed by atoms with Gasteiger partial charge in [-0.3, -0.25) is 4.57 Å². The summed E-state index contributed by atoms with van der Waals surface area (Å²) in [6.07, 6.45) is -2.39. The van der Waals surface area contributed by atoms with E-state index >= 15 is 0 Å². The predicted molar refractivity (Wildman–Crippen MR) is 62.9 cm³/mol. The molecule has 1 aliphatic heterocycles. The summed E-state index contributed by atoms with van der Waals surface area (Å²) in [6, 6.07) is 1.44. The van der Waals surface area contributed by atoms with Crippen LogP contribution in [-0.4, -0.2) is 32.8 Å². The summed E-state index contributed by atoms with van der Waals surface area (Å²) in [4.78, 5) is 15.2. The average molecular weight is 272 g/mol. The van der Waals surface area contributed by atoms with Crippen LogP contribution in [0.1, 0.15) is 18.3 Å². The Morgan fingerprint density at radius 3 is 3.00 bits per heavy atom. The van der Waals surface area contributed by atoms with E-state index in [2.05, 4.69) is 11.6 Å². The lowest BCUT2D eigenvalue weighted by molar-refractivity contribution is -0.124. The molecule has 0 aliphatic carbocycles. The Labute approximate surface area is 108 Å². The molecule has 1 fully saturated rings. The molecule has 19 heavy (non-hydrogen) atoms. The Morgan fingerprint density at radius 2 is 2.42 bits per heavy atom. The molecular weight excluding hydrogens is 258 g/mol. The number of rotatable bonds is 3. The van der Waals surface area contributed by atoms with E-state index in [0.717, 1.165) is 10.6 Å². The van der Waals surface area contributed by atoms with E-state index in [1.54, 1.807) is 6.92 Å². The van der Waals surface area contributed by atoms with Crippen LogP contribution in [0.2, 0.25) is 0 Å². The Morgan fingerprint density at radius 1 is 1.74 bits per heavy atom. The van der Waals surface area contributed by atoms with Crippen molar-refractivity contribution < 1.29 is 18.6 Å². The largest absolute Gasteiger partial charge is 0.386 e. The molecule has 2 rings (SSSR count). The smallest absolute Gasteiger partial charge is 0.350 e. The van der Waals surface area contributed by atoms with Crippen molar-refractivity contribution in [2.24, 2.45) is 0 Å². The average Bonchev–Trinajstić information content (AvgIpc) is 2.64. The molecule has 0 amide bonds. The number of hydrogen-bond donors (Lipinski definition) is 1. The zero-order valence-corrected chi connectivity index (χ0v) is 10.3. The number of alkyl halides is 2. The lowest BCUT2D eigenvalue weighted by Crippen LogP contribution is -2.35. The summed E-state index contributed by atoms with van der Waals surface area (Å²) in [5.74, 6) is -3.25. The monoisotopic (exact) mass is 272 g/mol. The van der Waals surface area contributed by atoms with Crippen LogP contribution in [0.3, 0.4) is 0 Å². The second kappa shape index (κ2) is 4.82. The lowest BCUT2D eigenvalue weighted by Gasteiger charge is -2.20. The van der Waals surface area contributed by atoms with Crippen molar-refractivity contribution in [3.8, 4) is 0 Å². The molecule has 1 aromatic heterocycles. The van der Waals surface area contributed by atoms with Gasteiger partial charge in [-0.15, -0.1) is 6.58 Å². The summed E-state index contributed by atoms with van der Waals surface area (Å²) in [5.41, 5.74) is -0.372. The highest BCUT2D eigenvalue weighted by Crippen LogP contribution is 2.42. The second-order valence-electron chi connectivity index (χ2n) is 4.48. The third kappa shape index (κ3) is 2.57. The Kier molecular flexibility index (Phi) is 3.51. The van der Waals surface area contributed by atoms with E-state index in [-0.39, 0.29) is 0 Å². The van der Waals surface area contributed by atoms with Gasteiger partial charge in [-0.25, -0.2) is 13.6 Å². The maximum absolute atomic E-state index is 13.9. The summed E-state index contributed by atoms with van der Waals surface area (Å²) in [5, 5.41) is 9.49. The number of halogens is 2. The fraction of sp³-hybridized carbons (Fsp3) is 0.500. The maximum atomic E-state index is 13.9. The minimum atomic E-state index is -3.25. The maximum Gasteiger partial charge on any atom is 0.350 e. The third-order valence-corrected chi connectivity index (χ3v) is 2.98. The zero-order valence-electron chi connectivity index (χ0n) is 10.3. The van der Waals surface area contributed by atoms with Gasteiger partial charge in [0.15, 0.2) is 0 Å². The fourth-order valence-electron chi connectivity index (χ4n) is 1.98. The topological polar surface area (TPSA) is 64.3 Å². The Bertz CT molecular complexity index is 544. The Hall–Kier alpha value is -1.60. The number of aryl methyl sites for hydroxylation is 1. The van der Waals surface area contributed by atoms with Crippen molar-refractivity contribution in [3.05, 3.63) is 41.1 Å². The molecule has 1 N–H and O–H groups in total. The molecular formula is C12H14F2N2O3. The molecule has 1 saturated heterocycles. The molecule has 2 heterocycles. The van der Waals surface area contributed by atoms with Gasteiger partial charge in [0.25, 0.3) is 5.92 Å². The van der Waals surface area contributed by atoms with Gasteiger partial charge in [0.05, 0.1) is 12.2 Å². The zero-order chi connectivity index (χ0) is 14.2. The minimum Gasteiger partial charge on any atom is -0.386 e. The van der Waals surface area contributed by atoms with E-state index in [1.807, 2.05) is 0 Å². The summed E-state index contributed by atoms with van der Waals surface area (Å²) < 4.78 is 33.6. The first-order valence-corrected chi connectivity index (χ1v) is 5.75. The minimum absolute atomic E-state index is 0.435. The van der Waals surface area contributed by atoms with Crippen molar-refractivity contribution in [3.63, 3.8) is 0 Å². The van der Waals surface area contributed by atoms with Gasteiger partial charge in [-0.1, -0.05) is 6.08 Å². The number of aliphatic hydroxyl groups is 1. The highest BCUT2D eigenvalue weighted by molar-refractivity contribution is 5.00. The molecule has 0 saturated carbocycles. The van der Waals surface area contributed by atoms with Gasteiger partial charge in [-0.2, -0.15) is 4.98 Å². The highest BCUT2D eigenvalue weighted by Gasteiger charge is 2.53. The third-order valence-electron chi connectivity index (χ3n) is 2.98. The molecule has 5 nitrogen and oxygen atoms in total. The summed E-state index contributed by atoms with van der Waals surface area (Å²) >= 11 is 0. The first-order chi connectivity index (χ1) is 8.85. The van der Waals surface area contributed by atoms with Crippen LogP contribution in [0, 0.1) is 6.92 Å². The summed E-state index contributed by atoms with van der Waals surface area (Å²) in [7, 11) is 0. The van der Waals surface area contributed by atoms with E-state index in [1.165, 1.54) is 12.3 Å². The van der Waals surface area contributed by atoms with Crippen LogP contribution < -0.4 is 5.69 Å². The fourth-order valence-corrected chi connectivity index (χ4v) is 1.98. The Balaban J connectivity index is 2.34. The number of aliphatic hydroxyl groups excluding tert-OH is 1. The van der Waals surface area contributed by atoms with E-state index in [9.17, 15) is 18.7 Å². The molecule has 1 aliphatic rings. The van der Waals surface area contributed by atoms with Gasteiger partial charge >= 0.3 is 5.69 Å². The van der Waals surface area contributed by atoms with Crippen LogP contribution in [-0.2, 0) is 4.74 Å². The molecule has 104 valence electrons. The number of nitrogens with zero attached hydrogens (tertiary/aromatic N) is 2. The molecule has 1 aromatic rings. The number of ether oxygens (including phenoxy) is 1. The first kappa shape index (κ1) is 13.8. The normalized spacial score (nSPS) is 27.2. The van der Waals surface area contributed by atoms with Crippen molar-refractivity contribution in [1.82, 2.24) is 9.55 Å². The van der Waals surface area contributed by atoms with Crippen LogP contribution in [0.25, 0.3) is 0 Å². The SMILES string of the molecule is C=CC(O)C1CC(F)(F)C(n2ccc(C)nc2=O)O1. The van der Waals surface area contributed by atoms with E-state index in [0.29, 0.717) is 5.69 Å². The number of hydrogen-bond acceptors (Lipinski definition) is 4. The molecule has 0 bridgehead atoms. The van der Waals surface area contributed by atoms with E-state index in [4.69, 9.17) is 4.74 Å². The van der Waals surface area contributed by atoms with Gasteiger partial charge < -0.3 is 9.84 Å². The highest BCUT2D eigenvalue weighted by atomic mass is 19.3. The van der Waals surface area contributed by atoms with Crippen LogP contribution in [0.15, 0.2) is 29.7 Å². The standard InChI is InChI=1S/C12H14F2N2O3/c1-3-8(17)9-6-12(13,14)10(19-9)16-5-4-7(2)15-11(16)18/h3-5,8-10,17H,1,6H2,2H3. The second-order valence-corrected chi connectivity index (χ2v) is 4.48. The van der Waals surface area contributed by atoms with Crippen LogP contribution in [0.5, 0.6) is 0 Å². The predicted octanol–water partition coefficient (Wildman–Crippen LogP) is 1.02. The molecule has 3 unspecified atom stereocenters. The van der Waals surface area contributed by atoms with Crippen molar-refractivity contribution >= 4 is 0 Å². The van der Waals surface area contributed by atoms with Crippen molar-refractivity contribution in [2.75, 3.05) is 0 Å². The van der Waals surface area contributed by atoms with Gasteiger partial charge in [0.1, 0.15) is 0 Å². The van der Waals surface area contributed by atoms with Gasteiger partial charge in [-0.05, 0) is 13.0 Å². The first-order valence-electron chi connectivity index (χ1n) is 5.75. The summed E-state index contributed by atoms with van der Waals surface area (Å²) in [6.45, 7) is 4.91. The van der Waals surface area contributed by atoms with E-state index < -0.39 is 36.5 Å². The number of aromatic nitrogens is 2. The molecule has 0 radical (unpaired) electrons. The van der Waals surface area contributed by atoms with Gasteiger partial charge in [0.2, 0.25) is 6.23 Å². The lowest BCUT2D eigenvalue weighted by atomic mass is 10.1. The van der Waals surface area contributed by atoms with Gasteiger partial charge in [0, 0.05) is 18.3 Å². The molecule has 0 spiro atoms. The quantitative estimate of drug-likeness (QED) is 0.834.